The van der Waals surface area contributed by atoms with Crippen molar-refractivity contribution in [3.8, 4) is 0 Å². The minimum Gasteiger partial charge on any atom is -0.328 e. The lowest BCUT2D eigenvalue weighted by molar-refractivity contribution is 0.102. The zero-order valence-corrected chi connectivity index (χ0v) is 18.2. The average Bonchev–Trinajstić information content (AvgIpc) is 3.10. The number of carbonyl (C=O) groups is 1. The second kappa shape index (κ2) is 8.35. The van der Waals surface area contributed by atoms with Gasteiger partial charge in [0.15, 0.2) is 9.84 Å². The number of carbonyl (C=O) groups excluding carboxylic acids is 1. The second-order valence-corrected chi connectivity index (χ2v) is 9.41. The number of fused-ring (bicyclic) bond motifs is 1. The highest BCUT2D eigenvalue weighted by molar-refractivity contribution is 7.90. The monoisotopic (exact) mass is 433 g/mol. The molecule has 1 heterocycles. The van der Waals surface area contributed by atoms with Gasteiger partial charge in [-0.25, -0.2) is 13.4 Å². The normalized spacial score (nSPS) is 11.5. The largest absolute Gasteiger partial charge is 0.328 e. The van der Waals surface area contributed by atoms with Crippen molar-refractivity contribution < 1.29 is 13.2 Å². The standard InChI is InChI=1S/C24H23N3O3S/c1-3-27-22-15-18(24(28)25-19-10-7-11-20(16-19)31(2,29)30)12-13-21(22)26-23(27)14-17-8-5-4-6-9-17/h4-13,15-16H,3,14H2,1-2H3,(H,25,28). The molecule has 0 unspecified atom stereocenters. The highest BCUT2D eigenvalue weighted by Gasteiger charge is 2.14. The van der Waals surface area contributed by atoms with Crippen LogP contribution in [0.4, 0.5) is 5.69 Å². The summed E-state index contributed by atoms with van der Waals surface area (Å²) < 4.78 is 25.7. The predicted octanol–water partition coefficient (Wildman–Crippen LogP) is 4.30. The van der Waals surface area contributed by atoms with Crippen molar-refractivity contribution in [1.29, 1.82) is 0 Å². The topological polar surface area (TPSA) is 81.1 Å². The first-order chi connectivity index (χ1) is 14.8. The Hall–Kier alpha value is -3.45. The van der Waals surface area contributed by atoms with Crippen LogP contribution < -0.4 is 5.32 Å². The zero-order chi connectivity index (χ0) is 22.0. The van der Waals surface area contributed by atoms with Crippen LogP contribution >= 0.6 is 0 Å². The van der Waals surface area contributed by atoms with E-state index in [9.17, 15) is 13.2 Å². The van der Waals surface area contributed by atoms with E-state index in [1.165, 1.54) is 17.7 Å². The van der Waals surface area contributed by atoms with Gasteiger partial charge in [0.2, 0.25) is 0 Å². The molecule has 0 saturated carbocycles. The molecule has 0 spiro atoms. The highest BCUT2D eigenvalue weighted by Crippen LogP contribution is 2.22. The molecule has 3 aromatic carbocycles. The predicted molar refractivity (Wildman–Crippen MR) is 122 cm³/mol. The third kappa shape index (κ3) is 4.51. The van der Waals surface area contributed by atoms with E-state index < -0.39 is 9.84 Å². The maximum absolute atomic E-state index is 12.8. The fraction of sp³-hybridized carbons (Fsp3) is 0.167. The summed E-state index contributed by atoms with van der Waals surface area (Å²) in [5, 5.41) is 2.79. The van der Waals surface area contributed by atoms with Crippen LogP contribution in [-0.2, 0) is 22.8 Å². The summed E-state index contributed by atoms with van der Waals surface area (Å²) in [5.74, 6) is 0.642. The Balaban J connectivity index is 1.63. The molecule has 0 bridgehead atoms. The van der Waals surface area contributed by atoms with E-state index in [2.05, 4.69) is 28.9 Å². The summed E-state index contributed by atoms with van der Waals surface area (Å²) in [6.45, 7) is 2.79. The van der Waals surface area contributed by atoms with Crippen LogP contribution in [-0.4, -0.2) is 30.1 Å². The SMILES string of the molecule is CCn1c(Cc2ccccc2)nc2ccc(C(=O)Nc3cccc(S(C)(=O)=O)c3)cc21. The Morgan fingerprint density at radius 2 is 1.77 bits per heavy atom. The van der Waals surface area contributed by atoms with Crippen molar-refractivity contribution in [1.82, 2.24) is 9.55 Å². The Labute approximate surface area is 181 Å². The number of aromatic nitrogens is 2. The van der Waals surface area contributed by atoms with Gasteiger partial charge >= 0.3 is 0 Å². The van der Waals surface area contributed by atoms with E-state index >= 15 is 0 Å². The first-order valence-electron chi connectivity index (χ1n) is 9.99. The van der Waals surface area contributed by atoms with Gasteiger partial charge < -0.3 is 9.88 Å². The fourth-order valence-corrected chi connectivity index (χ4v) is 4.25. The summed E-state index contributed by atoms with van der Waals surface area (Å²) >= 11 is 0. The van der Waals surface area contributed by atoms with Crippen LogP contribution in [0.25, 0.3) is 11.0 Å². The summed E-state index contributed by atoms with van der Waals surface area (Å²) in [4.78, 5) is 17.8. The van der Waals surface area contributed by atoms with Crippen molar-refractivity contribution in [2.75, 3.05) is 11.6 Å². The van der Waals surface area contributed by atoms with E-state index in [4.69, 9.17) is 4.98 Å². The van der Waals surface area contributed by atoms with Crippen LogP contribution in [0.5, 0.6) is 0 Å². The molecule has 0 radical (unpaired) electrons. The molecule has 0 atom stereocenters. The molecule has 0 aliphatic heterocycles. The fourth-order valence-electron chi connectivity index (χ4n) is 3.59. The molecule has 1 aromatic heterocycles. The molecular weight excluding hydrogens is 410 g/mol. The Morgan fingerprint density at radius 1 is 1.00 bits per heavy atom. The summed E-state index contributed by atoms with van der Waals surface area (Å²) in [6, 6.07) is 21.8. The van der Waals surface area contributed by atoms with E-state index in [0.29, 0.717) is 17.7 Å². The smallest absolute Gasteiger partial charge is 0.255 e. The number of imidazole rings is 1. The lowest BCUT2D eigenvalue weighted by atomic mass is 10.1. The van der Waals surface area contributed by atoms with Gasteiger partial charge in [0.1, 0.15) is 5.82 Å². The molecule has 0 aliphatic carbocycles. The third-order valence-corrected chi connectivity index (χ3v) is 6.24. The molecule has 0 saturated heterocycles. The van der Waals surface area contributed by atoms with Gasteiger partial charge in [-0.05, 0) is 48.9 Å². The minimum atomic E-state index is -3.35. The van der Waals surface area contributed by atoms with Crippen LogP contribution in [0.15, 0.2) is 77.7 Å². The maximum atomic E-state index is 12.8. The molecule has 4 rings (SSSR count). The van der Waals surface area contributed by atoms with Gasteiger partial charge in [0.05, 0.1) is 15.9 Å². The van der Waals surface area contributed by atoms with E-state index in [0.717, 1.165) is 29.7 Å². The van der Waals surface area contributed by atoms with Gasteiger partial charge in [0, 0.05) is 30.5 Å². The molecule has 0 aliphatic rings. The number of anilines is 1. The average molecular weight is 434 g/mol. The van der Waals surface area contributed by atoms with Crippen molar-refractivity contribution >= 4 is 32.5 Å². The molecular formula is C24H23N3O3S. The summed E-state index contributed by atoms with van der Waals surface area (Å²) in [6.07, 6.45) is 1.85. The minimum absolute atomic E-state index is 0.162. The van der Waals surface area contributed by atoms with Crippen LogP contribution in [0.1, 0.15) is 28.7 Å². The molecule has 1 N–H and O–H groups in total. The van der Waals surface area contributed by atoms with Gasteiger partial charge in [-0.3, -0.25) is 4.79 Å². The highest BCUT2D eigenvalue weighted by atomic mass is 32.2. The molecule has 31 heavy (non-hydrogen) atoms. The van der Waals surface area contributed by atoms with E-state index in [1.54, 1.807) is 18.2 Å². The van der Waals surface area contributed by atoms with E-state index in [-0.39, 0.29) is 10.8 Å². The van der Waals surface area contributed by atoms with Gasteiger partial charge in [-0.1, -0.05) is 36.4 Å². The number of hydrogen-bond donors (Lipinski definition) is 1. The first kappa shape index (κ1) is 20.8. The number of rotatable bonds is 6. The first-order valence-corrected chi connectivity index (χ1v) is 11.9. The molecule has 6 nitrogen and oxygen atoms in total. The van der Waals surface area contributed by atoms with Gasteiger partial charge in [-0.2, -0.15) is 0 Å². The molecule has 0 fully saturated rings. The third-order valence-electron chi connectivity index (χ3n) is 5.13. The summed E-state index contributed by atoms with van der Waals surface area (Å²) in [5.41, 5.74) is 3.82. The molecule has 158 valence electrons. The number of nitrogens with one attached hydrogen (secondary N) is 1. The Bertz CT molecular complexity index is 1360. The van der Waals surface area contributed by atoms with E-state index in [1.807, 2.05) is 30.3 Å². The zero-order valence-electron chi connectivity index (χ0n) is 17.4. The lowest BCUT2D eigenvalue weighted by Crippen LogP contribution is -2.12. The van der Waals surface area contributed by atoms with Gasteiger partial charge in [0.25, 0.3) is 5.91 Å². The molecule has 1 amide bonds. The number of amides is 1. The van der Waals surface area contributed by atoms with Crippen LogP contribution in [0, 0.1) is 0 Å². The van der Waals surface area contributed by atoms with Crippen LogP contribution in [0.3, 0.4) is 0 Å². The second-order valence-electron chi connectivity index (χ2n) is 7.39. The number of aryl methyl sites for hydroxylation is 1. The lowest BCUT2D eigenvalue weighted by Gasteiger charge is -2.09. The number of hydrogen-bond acceptors (Lipinski definition) is 4. The van der Waals surface area contributed by atoms with Crippen molar-refractivity contribution in [2.45, 2.75) is 24.8 Å². The van der Waals surface area contributed by atoms with Gasteiger partial charge in [-0.15, -0.1) is 0 Å². The summed E-state index contributed by atoms with van der Waals surface area (Å²) in [7, 11) is -3.35. The molecule has 4 aromatic rings. The quantitative estimate of drug-likeness (QED) is 0.491. The number of sulfone groups is 1. The number of benzene rings is 3. The maximum Gasteiger partial charge on any atom is 0.255 e. The van der Waals surface area contributed by atoms with Crippen LogP contribution in [0.2, 0.25) is 0 Å². The number of nitrogens with zero attached hydrogens (tertiary/aromatic N) is 2. The van der Waals surface area contributed by atoms with Crippen molar-refractivity contribution in [3.05, 3.63) is 89.7 Å². The Kier molecular flexibility index (Phi) is 5.61. The molecule has 7 heteroatoms. The van der Waals surface area contributed by atoms with Crippen molar-refractivity contribution in [3.63, 3.8) is 0 Å². The Morgan fingerprint density at radius 3 is 2.48 bits per heavy atom. The van der Waals surface area contributed by atoms with Crippen molar-refractivity contribution in [2.24, 2.45) is 0 Å².